The molecule has 8 nitrogen and oxygen atoms in total. The van der Waals surface area contributed by atoms with E-state index in [1.165, 1.54) is 0 Å². The van der Waals surface area contributed by atoms with E-state index in [-0.39, 0.29) is 12.5 Å². The molecule has 0 saturated heterocycles. The van der Waals surface area contributed by atoms with Crippen molar-refractivity contribution in [2.45, 2.75) is 45.6 Å². The highest BCUT2D eigenvalue weighted by atomic mass is 16.6. The lowest BCUT2D eigenvalue weighted by molar-refractivity contribution is -0.125. The van der Waals surface area contributed by atoms with Crippen molar-refractivity contribution in [1.29, 1.82) is 0 Å². The number of imidazole rings is 1. The number of anilines is 1. The van der Waals surface area contributed by atoms with E-state index in [1.807, 2.05) is 18.2 Å². The number of aryl methyl sites for hydroxylation is 2. The fraction of sp³-hybridized carbons (Fsp3) is 0.450. The minimum Gasteiger partial charge on any atom is -0.382 e. The van der Waals surface area contributed by atoms with E-state index in [9.17, 15) is 4.79 Å². The van der Waals surface area contributed by atoms with E-state index in [2.05, 4.69) is 32.7 Å². The third kappa shape index (κ3) is 4.40. The van der Waals surface area contributed by atoms with Gasteiger partial charge in [0.25, 0.3) is 0 Å². The number of rotatable bonds is 10. The molecular formula is C20H28N6O2. The number of fused-ring (bicyclic) bond motifs is 3. The molecular weight excluding hydrogens is 356 g/mol. The van der Waals surface area contributed by atoms with Crippen molar-refractivity contribution in [3.63, 3.8) is 0 Å². The lowest BCUT2D eigenvalue weighted by Gasteiger charge is -2.11. The van der Waals surface area contributed by atoms with Crippen molar-refractivity contribution in [1.82, 2.24) is 19.9 Å². The maximum Gasteiger partial charge on any atom is 0.248 e. The van der Waals surface area contributed by atoms with Crippen LogP contribution < -0.4 is 16.9 Å². The number of nitrogen functional groups attached to an aromatic ring is 1. The van der Waals surface area contributed by atoms with Crippen molar-refractivity contribution in [2.75, 3.05) is 18.9 Å². The highest BCUT2D eigenvalue weighted by Crippen LogP contribution is 2.29. The minimum absolute atomic E-state index is 0.119. The van der Waals surface area contributed by atoms with Crippen LogP contribution in [0.2, 0.25) is 0 Å². The molecule has 8 heteroatoms. The Morgan fingerprint density at radius 2 is 2.04 bits per heavy atom. The van der Waals surface area contributed by atoms with E-state index in [4.69, 9.17) is 16.6 Å². The first-order valence-corrected chi connectivity index (χ1v) is 9.77. The van der Waals surface area contributed by atoms with Gasteiger partial charge in [-0.3, -0.25) is 9.63 Å². The number of aromatic nitrogens is 3. The van der Waals surface area contributed by atoms with E-state index >= 15 is 0 Å². The third-order valence-electron chi connectivity index (χ3n) is 4.79. The van der Waals surface area contributed by atoms with Crippen LogP contribution in [0, 0.1) is 0 Å². The largest absolute Gasteiger partial charge is 0.382 e. The zero-order chi connectivity index (χ0) is 19.9. The van der Waals surface area contributed by atoms with Crippen LogP contribution in [0.5, 0.6) is 0 Å². The summed E-state index contributed by atoms with van der Waals surface area (Å²) in [5.74, 6) is 6.22. The number of carbonyl (C=O) groups is 1. The number of amides is 1. The summed E-state index contributed by atoms with van der Waals surface area (Å²) in [6.45, 7) is 3.45. The Labute approximate surface area is 164 Å². The Hall–Kier alpha value is -2.71. The molecule has 0 aliphatic rings. The molecule has 2 heterocycles. The number of para-hydroxylation sites is 1. The summed E-state index contributed by atoms with van der Waals surface area (Å²) in [6.07, 6.45) is 4.84. The van der Waals surface area contributed by atoms with E-state index in [0.717, 1.165) is 66.4 Å². The number of nitrogens with two attached hydrogens (primary N) is 2. The van der Waals surface area contributed by atoms with E-state index in [0.29, 0.717) is 12.4 Å². The molecule has 0 radical (unpaired) electrons. The normalized spacial score (nSPS) is 11.4. The fourth-order valence-electron chi connectivity index (χ4n) is 3.42. The molecule has 150 valence electrons. The standard InChI is InChI=1S/C20H28N6O2/c1-2-3-10-16-25-18-19(14-8-4-5-9-15(14)24-20(18)21)26(16)12-7-6-11-23-17(27)13-28-22/h4-5,8-9H,2-3,6-7,10-13,22H2,1H3,(H2,21,24)(H,23,27). The molecule has 0 atom stereocenters. The van der Waals surface area contributed by atoms with Crippen LogP contribution in [-0.2, 0) is 22.6 Å². The van der Waals surface area contributed by atoms with E-state index < -0.39 is 0 Å². The number of nitrogens with zero attached hydrogens (tertiary/aromatic N) is 3. The van der Waals surface area contributed by atoms with Gasteiger partial charge in [-0.1, -0.05) is 31.5 Å². The third-order valence-corrected chi connectivity index (χ3v) is 4.79. The van der Waals surface area contributed by atoms with Gasteiger partial charge in [-0.2, -0.15) is 0 Å². The summed E-state index contributed by atoms with van der Waals surface area (Å²) >= 11 is 0. The van der Waals surface area contributed by atoms with Crippen LogP contribution in [0.3, 0.4) is 0 Å². The minimum atomic E-state index is -0.205. The molecule has 5 N–H and O–H groups in total. The van der Waals surface area contributed by atoms with Crippen molar-refractivity contribution < 1.29 is 9.63 Å². The number of pyridine rings is 1. The molecule has 28 heavy (non-hydrogen) atoms. The average molecular weight is 384 g/mol. The predicted molar refractivity (Wildman–Crippen MR) is 110 cm³/mol. The topological polar surface area (TPSA) is 121 Å². The van der Waals surface area contributed by atoms with Crippen LogP contribution in [0.1, 0.15) is 38.4 Å². The molecule has 1 aromatic carbocycles. The van der Waals surface area contributed by atoms with Gasteiger partial charge in [0.15, 0.2) is 5.82 Å². The summed E-state index contributed by atoms with van der Waals surface area (Å²) in [6, 6.07) is 8.02. The number of benzene rings is 1. The maximum absolute atomic E-state index is 11.4. The zero-order valence-electron chi connectivity index (χ0n) is 16.3. The summed E-state index contributed by atoms with van der Waals surface area (Å²) in [5, 5.41) is 3.85. The summed E-state index contributed by atoms with van der Waals surface area (Å²) in [4.78, 5) is 25.1. The quantitative estimate of drug-likeness (QED) is 0.364. The van der Waals surface area contributed by atoms with Gasteiger partial charge in [-0.15, -0.1) is 0 Å². The zero-order valence-corrected chi connectivity index (χ0v) is 16.3. The van der Waals surface area contributed by atoms with Gasteiger partial charge in [0.05, 0.1) is 11.0 Å². The first-order chi connectivity index (χ1) is 13.7. The lowest BCUT2D eigenvalue weighted by Crippen LogP contribution is -2.29. The fourth-order valence-corrected chi connectivity index (χ4v) is 3.42. The molecule has 0 aliphatic heterocycles. The van der Waals surface area contributed by atoms with Crippen LogP contribution in [-0.4, -0.2) is 33.6 Å². The van der Waals surface area contributed by atoms with Gasteiger partial charge in [0.2, 0.25) is 5.91 Å². The number of carbonyl (C=O) groups excluding carboxylic acids is 1. The first-order valence-electron chi connectivity index (χ1n) is 9.77. The van der Waals surface area contributed by atoms with Crippen LogP contribution >= 0.6 is 0 Å². The number of nitrogens with one attached hydrogen (secondary N) is 1. The smallest absolute Gasteiger partial charge is 0.248 e. The highest BCUT2D eigenvalue weighted by molar-refractivity contribution is 6.06. The molecule has 0 saturated carbocycles. The monoisotopic (exact) mass is 384 g/mol. The van der Waals surface area contributed by atoms with Crippen molar-refractivity contribution in [3.8, 4) is 0 Å². The van der Waals surface area contributed by atoms with Gasteiger partial charge < -0.3 is 15.6 Å². The second kappa shape index (κ2) is 9.48. The Morgan fingerprint density at radius 1 is 1.21 bits per heavy atom. The number of hydrogen-bond acceptors (Lipinski definition) is 6. The summed E-state index contributed by atoms with van der Waals surface area (Å²) in [5.41, 5.74) is 8.92. The molecule has 1 amide bonds. The SMILES string of the molecule is CCCCc1nc2c(N)nc3ccccc3c2n1CCCCNC(=O)CON. The lowest BCUT2D eigenvalue weighted by atomic mass is 10.2. The first kappa shape index (κ1) is 20.0. The Balaban J connectivity index is 1.85. The van der Waals surface area contributed by atoms with Gasteiger partial charge in [0, 0.05) is 24.9 Å². The highest BCUT2D eigenvalue weighted by Gasteiger charge is 2.16. The van der Waals surface area contributed by atoms with Gasteiger partial charge in [-0.05, 0) is 25.3 Å². The number of hydrogen-bond donors (Lipinski definition) is 3. The molecule has 2 aromatic heterocycles. The van der Waals surface area contributed by atoms with Crippen molar-refractivity contribution in [3.05, 3.63) is 30.1 Å². The van der Waals surface area contributed by atoms with Crippen molar-refractivity contribution >= 4 is 33.7 Å². The Bertz CT molecular complexity index is 953. The Kier molecular flexibility index (Phi) is 6.78. The average Bonchev–Trinajstić information content (AvgIpc) is 3.06. The molecule has 3 aromatic rings. The molecule has 0 spiro atoms. The maximum atomic E-state index is 11.4. The van der Waals surface area contributed by atoms with Crippen LogP contribution in [0.25, 0.3) is 21.9 Å². The molecule has 0 unspecified atom stereocenters. The van der Waals surface area contributed by atoms with Gasteiger partial charge >= 0.3 is 0 Å². The van der Waals surface area contributed by atoms with Gasteiger partial charge in [-0.25, -0.2) is 15.9 Å². The van der Waals surface area contributed by atoms with Crippen molar-refractivity contribution in [2.24, 2.45) is 5.90 Å². The molecule has 0 bridgehead atoms. The summed E-state index contributed by atoms with van der Waals surface area (Å²) in [7, 11) is 0. The summed E-state index contributed by atoms with van der Waals surface area (Å²) < 4.78 is 2.27. The predicted octanol–water partition coefficient (Wildman–Crippen LogP) is 2.30. The second-order valence-corrected chi connectivity index (χ2v) is 6.86. The molecule has 0 aliphatic carbocycles. The van der Waals surface area contributed by atoms with Crippen LogP contribution in [0.4, 0.5) is 5.82 Å². The van der Waals surface area contributed by atoms with Gasteiger partial charge in [0.1, 0.15) is 17.9 Å². The van der Waals surface area contributed by atoms with E-state index in [1.54, 1.807) is 0 Å². The molecule has 3 rings (SSSR count). The number of unbranched alkanes of at least 4 members (excludes halogenated alkanes) is 2. The molecule has 0 fully saturated rings. The Morgan fingerprint density at radius 3 is 2.82 bits per heavy atom. The second-order valence-electron chi connectivity index (χ2n) is 6.86. The van der Waals surface area contributed by atoms with Crippen LogP contribution in [0.15, 0.2) is 24.3 Å².